The third-order valence-corrected chi connectivity index (χ3v) is 6.10. The number of aromatic nitrogens is 3. The molecule has 0 unspecified atom stereocenters. The van der Waals surface area contributed by atoms with E-state index in [2.05, 4.69) is 10.1 Å². The summed E-state index contributed by atoms with van der Waals surface area (Å²) in [4.78, 5) is 19.2. The average molecular weight is 442 g/mol. The van der Waals surface area contributed by atoms with Gasteiger partial charge in [-0.2, -0.15) is 18.3 Å². The molecule has 3 aromatic heterocycles. The highest BCUT2D eigenvalue weighted by Crippen LogP contribution is 2.35. The first kappa shape index (κ1) is 20.5. The fourth-order valence-electron chi connectivity index (χ4n) is 4.42. The summed E-state index contributed by atoms with van der Waals surface area (Å²) >= 11 is 0. The molecule has 1 saturated heterocycles. The van der Waals surface area contributed by atoms with Gasteiger partial charge in [0.25, 0.3) is 5.91 Å². The first-order chi connectivity index (χ1) is 15.2. The van der Waals surface area contributed by atoms with Crippen LogP contribution in [0, 0.1) is 13.8 Å². The van der Waals surface area contributed by atoms with Crippen molar-refractivity contribution >= 4 is 22.5 Å². The van der Waals surface area contributed by atoms with Crippen LogP contribution in [-0.2, 0) is 6.18 Å². The Morgan fingerprint density at radius 3 is 2.53 bits per heavy atom. The fraction of sp³-hybridized carbons (Fsp3) is 0.348. The summed E-state index contributed by atoms with van der Waals surface area (Å²) in [6.45, 7) is 4.34. The number of carbonyl (C=O) groups is 1. The first-order valence-corrected chi connectivity index (χ1v) is 10.4. The summed E-state index contributed by atoms with van der Waals surface area (Å²) in [6, 6.07) is 10.1. The Bertz CT molecular complexity index is 1330. The number of alkyl halides is 3. The minimum Gasteiger partial charge on any atom is -0.451 e. The lowest BCUT2D eigenvalue weighted by atomic mass is 9.92. The molecule has 0 radical (unpaired) electrons. The summed E-state index contributed by atoms with van der Waals surface area (Å²) in [6.07, 6.45) is -3.49. The Hall–Kier alpha value is -3.36. The van der Waals surface area contributed by atoms with E-state index in [1.165, 1.54) is 0 Å². The van der Waals surface area contributed by atoms with Crippen molar-refractivity contribution in [3.63, 3.8) is 0 Å². The van der Waals surface area contributed by atoms with E-state index >= 15 is 0 Å². The van der Waals surface area contributed by atoms with Crippen LogP contribution in [0.3, 0.4) is 0 Å². The highest BCUT2D eigenvalue weighted by Gasteiger charge is 2.36. The van der Waals surface area contributed by atoms with Crippen molar-refractivity contribution in [3.8, 4) is 0 Å². The maximum absolute atomic E-state index is 13.6. The Balaban J connectivity index is 1.38. The minimum absolute atomic E-state index is 0.169. The molecule has 0 atom stereocenters. The average Bonchev–Trinajstić information content (AvgIpc) is 3.31. The van der Waals surface area contributed by atoms with Gasteiger partial charge in [0.15, 0.2) is 11.4 Å². The predicted octanol–water partition coefficient (Wildman–Crippen LogP) is 5.13. The van der Waals surface area contributed by atoms with Gasteiger partial charge in [0.05, 0.1) is 5.69 Å². The van der Waals surface area contributed by atoms with Crippen LogP contribution in [0.4, 0.5) is 13.2 Å². The third-order valence-electron chi connectivity index (χ3n) is 6.10. The van der Waals surface area contributed by atoms with Crippen LogP contribution in [0.5, 0.6) is 0 Å². The second-order valence-electron chi connectivity index (χ2n) is 8.24. The summed E-state index contributed by atoms with van der Waals surface area (Å²) in [5.74, 6) is -0.0432. The first-order valence-electron chi connectivity index (χ1n) is 10.4. The highest BCUT2D eigenvalue weighted by atomic mass is 19.4. The van der Waals surface area contributed by atoms with Crippen molar-refractivity contribution in [2.24, 2.45) is 0 Å². The SMILES string of the molecule is Cc1cc2nc(C3CCN(C(=O)c4oc5ccccc5c4C)CC3)cc(C(F)(F)F)n2n1. The maximum Gasteiger partial charge on any atom is 0.433 e. The van der Waals surface area contributed by atoms with Crippen LogP contribution >= 0.6 is 0 Å². The lowest BCUT2D eigenvalue weighted by Gasteiger charge is -2.31. The molecule has 0 spiro atoms. The Kier molecular flexibility index (Phi) is 4.72. The van der Waals surface area contributed by atoms with Crippen molar-refractivity contribution in [1.82, 2.24) is 19.5 Å². The summed E-state index contributed by atoms with van der Waals surface area (Å²) in [5, 5.41) is 4.83. The van der Waals surface area contributed by atoms with E-state index in [-0.39, 0.29) is 17.5 Å². The number of benzene rings is 1. The molecule has 9 heteroatoms. The van der Waals surface area contributed by atoms with Crippen LogP contribution in [0.25, 0.3) is 16.6 Å². The topological polar surface area (TPSA) is 63.6 Å². The molecule has 166 valence electrons. The van der Waals surface area contributed by atoms with Gasteiger partial charge in [-0.3, -0.25) is 4.79 Å². The van der Waals surface area contributed by atoms with Crippen LogP contribution in [0.2, 0.25) is 0 Å². The number of hydrogen-bond donors (Lipinski definition) is 0. The van der Waals surface area contributed by atoms with E-state index in [4.69, 9.17) is 4.42 Å². The van der Waals surface area contributed by atoms with Crippen molar-refractivity contribution < 1.29 is 22.4 Å². The lowest BCUT2D eigenvalue weighted by molar-refractivity contribution is -0.142. The molecule has 5 rings (SSSR count). The Morgan fingerprint density at radius 2 is 1.84 bits per heavy atom. The number of likely N-dealkylation sites (tertiary alicyclic amines) is 1. The number of nitrogens with zero attached hydrogens (tertiary/aromatic N) is 4. The number of amides is 1. The molecule has 6 nitrogen and oxygen atoms in total. The van der Waals surface area contributed by atoms with Gasteiger partial charge in [-0.05, 0) is 38.8 Å². The predicted molar refractivity (Wildman–Crippen MR) is 112 cm³/mol. The normalized spacial score (nSPS) is 15.7. The number of rotatable bonds is 2. The molecule has 1 aliphatic heterocycles. The molecular weight excluding hydrogens is 421 g/mol. The molecule has 1 fully saturated rings. The number of piperidine rings is 1. The number of aryl methyl sites for hydroxylation is 2. The highest BCUT2D eigenvalue weighted by molar-refractivity contribution is 5.98. The number of para-hydroxylation sites is 1. The monoisotopic (exact) mass is 442 g/mol. The fourth-order valence-corrected chi connectivity index (χ4v) is 4.42. The van der Waals surface area contributed by atoms with Gasteiger partial charge >= 0.3 is 6.18 Å². The number of halogens is 3. The zero-order valence-corrected chi connectivity index (χ0v) is 17.6. The van der Waals surface area contributed by atoms with Crippen molar-refractivity contribution in [2.45, 2.75) is 38.8 Å². The molecule has 0 aliphatic carbocycles. The number of fused-ring (bicyclic) bond motifs is 2. The number of carbonyl (C=O) groups excluding carboxylic acids is 1. The summed E-state index contributed by atoms with van der Waals surface area (Å²) < 4.78 is 47.5. The van der Waals surface area contributed by atoms with Gasteiger partial charge in [-0.15, -0.1) is 0 Å². The molecule has 4 aromatic rings. The minimum atomic E-state index is -4.54. The molecule has 0 saturated carbocycles. The number of hydrogen-bond acceptors (Lipinski definition) is 4. The molecule has 4 heterocycles. The zero-order chi connectivity index (χ0) is 22.6. The Labute approximate surface area is 181 Å². The van der Waals surface area contributed by atoms with Crippen molar-refractivity contribution in [3.05, 3.63) is 64.8 Å². The standard InChI is InChI=1S/C23H21F3N4O2/c1-13-11-20-27-17(12-19(23(24,25)26)30(20)28-13)15-7-9-29(10-8-15)22(31)21-14(2)16-5-3-4-6-18(16)32-21/h3-6,11-12,15H,7-10H2,1-2H3. The number of furan rings is 1. The molecule has 0 bridgehead atoms. The van der Waals surface area contributed by atoms with Gasteiger partial charge in [0.2, 0.25) is 0 Å². The van der Waals surface area contributed by atoms with Gasteiger partial charge in [0, 0.05) is 41.7 Å². The summed E-state index contributed by atoms with van der Waals surface area (Å²) in [7, 11) is 0. The largest absolute Gasteiger partial charge is 0.451 e. The van der Waals surface area contributed by atoms with Crippen LogP contribution < -0.4 is 0 Å². The molecule has 1 amide bonds. The smallest absolute Gasteiger partial charge is 0.433 e. The third kappa shape index (κ3) is 3.41. The maximum atomic E-state index is 13.6. The molecule has 1 aromatic carbocycles. The van der Waals surface area contributed by atoms with Crippen LogP contribution in [-0.4, -0.2) is 38.5 Å². The van der Waals surface area contributed by atoms with E-state index in [1.807, 2.05) is 31.2 Å². The van der Waals surface area contributed by atoms with Crippen molar-refractivity contribution in [2.75, 3.05) is 13.1 Å². The van der Waals surface area contributed by atoms with Crippen LogP contribution in [0.1, 0.15) is 52.0 Å². The Morgan fingerprint density at radius 1 is 1.12 bits per heavy atom. The van der Waals surface area contributed by atoms with E-state index in [0.29, 0.717) is 48.7 Å². The van der Waals surface area contributed by atoms with E-state index in [9.17, 15) is 18.0 Å². The molecule has 32 heavy (non-hydrogen) atoms. The van der Waals surface area contributed by atoms with Gasteiger partial charge in [-0.1, -0.05) is 18.2 Å². The second kappa shape index (κ2) is 7.36. The van der Waals surface area contributed by atoms with E-state index < -0.39 is 11.9 Å². The molecule has 0 N–H and O–H groups in total. The van der Waals surface area contributed by atoms with Crippen molar-refractivity contribution in [1.29, 1.82) is 0 Å². The second-order valence-corrected chi connectivity index (χ2v) is 8.24. The summed E-state index contributed by atoms with van der Waals surface area (Å²) in [5.41, 5.74) is 1.67. The quantitative estimate of drug-likeness (QED) is 0.432. The van der Waals surface area contributed by atoms with Gasteiger partial charge in [0.1, 0.15) is 11.3 Å². The van der Waals surface area contributed by atoms with E-state index in [1.54, 1.807) is 17.9 Å². The van der Waals surface area contributed by atoms with E-state index in [0.717, 1.165) is 21.5 Å². The zero-order valence-electron chi connectivity index (χ0n) is 17.6. The lowest BCUT2D eigenvalue weighted by Crippen LogP contribution is -2.38. The van der Waals surface area contributed by atoms with Gasteiger partial charge in [-0.25, -0.2) is 9.50 Å². The molecular formula is C23H21F3N4O2. The van der Waals surface area contributed by atoms with Crippen LogP contribution in [0.15, 0.2) is 40.8 Å². The van der Waals surface area contributed by atoms with Gasteiger partial charge < -0.3 is 9.32 Å². The molecule has 1 aliphatic rings.